The number of aliphatic hydroxyl groups is 1. The Morgan fingerprint density at radius 2 is 1.74 bits per heavy atom. The number of nitro benzene ring substituents is 1. The van der Waals surface area contributed by atoms with Gasteiger partial charge < -0.3 is 39.4 Å². The van der Waals surface area contributed by atoms with Crippen LogP contribution in [0.15, 0.2) is 77.8 Å². The molecule has 0 radical (unpaired) electrons. The second-order valence-electron chi connectivity index (χ2n) is 22.7. The number of aromatic nitrogens is 2. The number of rotatable bonds is 14. The predicted molar refractivity (Wildman–Crippen MR) is 283 cm³/mol. The summed E-state index contributed by atoms with van der Waals surface area (Å²) >= 11 is 0. The number of carbonyl (C=O) groups excluding carboxylic acids is 1. The predicted octanol–water partition coefficient (Wildman–Crippen LogP) is 9.68. The smallest absolute Gasteiger partial charge is 0.297 e. The van der Waals surface area contributed by atoms with Crippen LogP contribution in [-0.2, 0) is 10.0 Å². The molecule has 2 saturated carbocycles. The van der Waals surface area contributed by atoms with Crippen molar-refractivity contribution < 1.29 is 37.5 Å². The summed E-state index contributed by atoms with van der Waals surface area (Å²) in [6.45, 7) is 10.6. The molecule has 6 aliphatic rings. The van der Waals surface area contributed by atoms with E-state index in [1.165, 1.54) is 42.9 Å². The molecule has 4 aliphatic heterocycles. The highest BCUT2D eigenvalue weighted by molar-refractivity contribution is 7.90. The van der Waals surface area contributed by atoms with Crippen LogP contribution in [0.3, 0.4) is 0 Å². The van der Waals surface area contributed by atoms with Gasteiger partial charge in [-0.3, -0.25) is 19.8 Å². The van der Waals surface area contributed by atoms with E-state index in [1.54, 1.807) is 24.4 Å². The van der Waals surface area contributed by atoms with Gasteiger partial charge in [0.1, 0.15) is 24.6 Å². The maximum Gasteiger partial charge on any atom is 0.297 e. The number of pyridine rings is 1. The number of likely N-dealkylation sites (tertiary alicyclic amines) is 2. The molecule has 18 heteroatoms. The third-order valence-corrected chi connectivity index (χ3v) is 18.8. The first kappa shape index (κ1) is 50.2. The monoisotopic (exact) mass is 1030 g/mol. The Hall–Kier alpha value is -5.95. The van der Waals surface area contributed by atoms with Gasteiger partial charge in [0.15, 0.2) is 17.2 Å². The molecule has 5 aromatic rings. The Kier molecular flexibility index (Phi) is 13.5. The van der Waals surface area contributed by atoms with Crippen LogP contribution in [0.5, 0.6) is 23.1 Å². The lowest BCUT2D eigenvalue weighted by atomic mass is 9.59. The van der Waals surface area contributed by atoms with E-state index in [9.17, 15) is 28.4 Å². The van der Waals surface area contributed by atoms with Crippen LogP contribution in [0.4, 0.5) is 17.1 Å². The van der Waals surface area contributed by atoms with Crippen LogP contribution in [0.25, 0.3) is 11.0 Å². The highest BCUT2D eigenvalue weighted by Gasteiger charge is 2.50. The molecule has 5 fully saturated rings. The zero-order valence-electron chi connectivity index (χ0n) is 43.0. The van der Waals surface area contributed by atoms with Crippen LogP contribution in [0.2, 0.25) is 0 Å². The molecule has 1 spiro atoms. The third-order valence-electron chi connectivity index (χ3n) is 17.5. The zero-order valence-corrected chi connectivity index (χ0v) is 43.8. The summed E-state index contributed by atoms with van der Waals surface area (Å²) in [5.74, 6) is 0.168. The van der Waals surface area contributed by atoms with E-state index in [1.807, 2.05) is 19.1 Å². The molecular formula is C56H70N8O9S. The van der Waals surface area contributed by atoms with Crippen molar-refractivity contribution in [3.8, 4) is 23.1 Å². The Labute approximate surface area is 433 Å². The van der Waals surface area contributed by atoms with Gasteiger partial charge in [0.05, 0.1) is 27.0 Å². The van der Waals surface area contributed by atoms with E-state index in [0.717, 1.165) is 69.0 Å². The first-order valence-electron chi connectivity index (χ1n) is 26.8. The number of likely N-dealkylation sites (N-methyl/N-ethyl adjacent to an activating group) is 1. The van der Waals surface area contributed by atoms with Crippen molar-refractivity contribution in [1.82, 2.24) is 24.5 Å². The third kappa shape index (κ3) is 10.0. The van der Waals surface area contributed by atoms with Gasteiger partial charge in [0.2, 0.25) is 0 Å². The van der Waals surface area contributed by atoms with E-state index in [2.05, 4.69) is 74.9 Å². The van der Waals surface area contributed by atoms with Crippen molar-refractivity contribution in [1.29, 1.82) is 0 Å². The number of nitrogens with zero attached hydrogens (tertiary/aromatic N) is 5. The number of nitro groups is 1. The molecule has 6 heterocycles. The van der Waals surface area contributed by atoms with Gasteiger partial charge in [0.25, 0.3) is 27.5 Å². The van der Waals surface area contributed by atoms with Crippen molar-refractivity contribution >= 4 is 44.0 Å². The van der Waals surface area contributed by atoms with E-state index in [0.29, 0.717) is 55.9 Å². The van der Waals surface area contributed by atoms with Gasteiger partial charge in [-0.1, -0.05) is 38.1 Å². The number of carbonyl (C=O) groups is 1. The van der Waals surface area contributed by atoms with E-state index >= 15 is 0 Å². The number of piperidine rings is 1. The number of sulfonamides is 1. The van der Waals surface area contributed by atoms with E-state index in [4.69, 9.17) is 19.2 Å². The van der Waals surface area contributed by atoms with Crippen LogP contribution in [0.1, 0.15) is 131 Å². The van der Waals surface area contributed by atoms with Gasteiger partial charge >= 0.3 is 0 Å². The first-order chi connectivity index (χ1) is 35.5. The molecule has 394 valence electrons. The quantitative estimate of drug-likeness (QED) is 0.0604. The number of hydrogen-bond acceptors (Lipinski definition) is 14. The fourth-order valence-electron chi connectivity index (χ4n) is 13.0. The van der Waals surface area contributed by atoms with Crippen LogP contribution < -0.4 is 29.1 Å². The molecule has 3 atom stereocenters. The molecule has 17 nitrogen and oxygen atoms in total. The number of ether oxygens (including phenoxy) is 3. The lowest BCUT2D eigenvalue weighted by Gasteiger charge is -2.56. The number of fused-ring (bicyclic) bond motifs is 2. The van der Waals surface area contributed by atoms with Gasteiger partial charge in [-0.2, -0.15) is 4.98 Å². The van der Waals surface area contributed by atoms with Gasteiger partial charge in [-0.25, -0.2) is 13.1 Å². The Morgan fingerprint density at radius 1 is 0.973 bits per heavy atom. The second kappa shape index (κ2) is 20.0. The van der Waals surface area contributed by atoms with Crippen molar-refractivity contribution in [3.05, 3.63) is 99.7 Å². The minimum atomic E-state index is -4.72. The molecule has 3 aromatic carbocycles. The average molecular weight is 1030 g/mol. The van der Waals surface area contributed by atoms with Crippen molar-refractivity contribution in [2.24, 2.45) is 11.3 Å². The van der Waals surface area contributed by atoms with Crippen LogP contribution >= 0.6 is 0 Å². The Bertz CT molecular complexity index is 3030. The fraction of sp³-hybridized carbons (Fsp3) is 0.536. The average Bonchev–Trinajstić information content (AvgIpc) is 4.15. The number of nitrogens with one attached hydrogen (secondary N) is 3. The highest BCUT2D eigenvalue weighted by Crippen LogP contribution is 2.55. The molecule has 2 aliphatic carbocycles. The van der Waals surface area contributed by atoms with Gasteiger partial charge in [0, 0.05) is 66.7 Å². The molecule has 1 amide bonds. The zero-order chi connectivity index (χ0) is 51.5. The molecule has 0 bridgehead atoms. The van der Waals surface area contributed by atoms with Crippen molar-refractivity contribution in [2.75, 3.05) is 56.7 Å². The summed E-state index contributed by atoms with van der Waals surface area (Å²) in [6, 6.07) is 20.9. The maximum absolute atomic E-state index is 14.5. The van der Waals surface area contributed by atoms with E-state index < -0.39 is 37.0 Å². The lowest BCUT2D eigenvalue weighted by Crippen LogP contribution is -2.54. The summed E-state index contributed by atoms with van der Waals surface area (Å²) < 4.78 is 49.8. The van der Waals surface area contributed by atoms with Crippen molar-refractivity contribution in [3.63, 3.8) is 0 Å². The van der Waals surface area contributed by atoms with Gasteiger partial charge in [-0.15, -0.1) is 0 Å². The maximum atomic E-state index is 14.5. The first-order valence-corrected chi connectivity index (χ1v) is 28.2. The number of hydrogen-bond donors (Lipinski definition) is 4. The SMILES string of the molecule is CC(C)c1ccccc1[C@@H]1CCCN1C1CC2(CCN(c3ccc(C(=O)NS(=O)(=O)c4cc5c(c([N+](=O)[O-])c4)N[C@@H]([C@H]4CC[C@](C)(O)CC4)CO5)c(Oc4cc5cc[nH]c5nc4OC[C@H]4CCCN4C)c3)CC2)C1. The number of anilines is 2. The highest BCUT2D eigenvalue weighted by atomic mass is 32.2. The molecular weight excluding hydrogens is 961 g/mol. The summed E-state index contributed by atoms with van der Waals surface area (Å²) in [5.41, 5.74) is 3.40. The standard InChI is InChI=1S/C56H70N8O9S/c1-35(2)42-10-5-6-11-43(42)46-12-8-24-63(46)40-31-56(32-40)20-25-62(26-21-56)38-13-14-44(48(28-38)73-50-27-37-17-22-57-52(37)59-54(50)72-33-39-9-7-23-61(39)4)53(65)60-74(69,70)41-29-47(64(67)68)51-49(30-41)71-34-45(58-51)36-15-18-55(3,66)19-16-36/h5-6,10-11,13-14,17,22,27-30,35-36,39-40,45-46,58,66H,7-9,12,15-16,18-21,23-26,31-34H2,1-4H3,(H,57,59)(H,60,65)/t36-,39-,45-,46+,55-/m1/s1. The summed E-state index contributed by atoms with van der Waals surface area (Å²) in [6.07, 6.45) is 13.2. The Balaban J connectivity index is 0.845. The largest absolute Gasteiger partial charge is 0.489 e. The number of aromatic amines is 1. The molecule has 74 heavy (non-hydrogen) atoms. The molecule has 0 unspecified atom stereocenters. The minimum absolute atomic E-state index is 0.00295. The summed E-state index contributed by atoms with van der Waals surface area (Å²) in [5, 5.41) is 27.1. The minimum Gasteiger partial charge on any atom is -0.489 e. The number of benzene rings is 3. The topological polar surface area (TPSA) is 205 Å². The Morgan fingerprint density at radius 3 is 2.49 bits per heavy atom. The van der Waals surface area contributed by atoms with Crippen LogP contribution in [-0.4, -0.2) is 114 Å². The van der Waals surface area contributed by atoms with Gasteiger partial charge in [-0.05, 0) is 157 Å². The number of H-pyrrole nitrogens is 1. The molecule has 4 N–H and O–H groups in total. The lowest BCUT2D eigenvalue weighted by molar-refractivity contribution is -0.384. The molecule has 3 saturated heterocycles. The van der Waals surface area contributed by atoms with Crippen molar-refractivity contribution in [2.45, 2.75) is 138 Å². The van der Waals surface area contributed by atoms with Crippen LogP contribution in [0, 0.1) is 21.4 Å². The fourth-order valence-corrected chi connectivity index (χ4v) is 14.0. The summed E-state index contributed by atoms with van der Waals surface area (Å²) in [7, 11) is -2.65. The summed E-state index contributed by atoms with van der Waals surface area (Å²) in [4.78, 5) is 41.2. The molecule has 11 rings (SSSR count). The normalized spacial score (nSPS) is 25.4. The van der Waals surface area contributed by atoms with E-state index in [-0.39, 0.29) is 64.4 Å². The molecule has 2 aromatic heterocycles. The number of amides is 1. The second-order valence-corrected chi connectivity index (χ2v) is 24.4.